The number of hydrogen-bond acceptors (Lipinski definition) is 3. The Bertz CT molecular complexity index is 271. The first kappa shape index (κ1) is 9.86. The molecule has 0 radical (unpaired) electrons. The molecule has 0 aliphatic carbocycles. The molecule has 0 atom stereocenters. The molecular weight excluding hydrogens is 168 g/mol. The summed E-state index contributed by atoms with van der Waals surface area (Å²) in [6, 6.07) is 5.56. The number of aliphatic hydroxyl groups is 1. The van der Waals surface area contributed by atoms with Crippen molar-refractivity contribution < 1.29 is 14.6 Å². The molecule has 0 aromatic heterocycles. The second kappa shape index (κ2) is 4.72. The van der Waals surface area contributed by atoms with Gasteiger partial charge in [-0.25, -0.2) is 0 Å². The third kappa shape index (κ3) is 2.36. The molecule has 0 heterocycles. The van der Waals surface area contributed by atoms with E-state index in [4.69, 9.17) is 14.6 Å². The fraction of sp³-hybridized carbons (Fsp3) is 0.400. The van der Waals surface area contributed by atoms with Gasteiger partial charge in [-0.1, -0.05) is 6.07 Å². The predicted octanol–water partition coefficient (Wildman–Crippen LogP) is 1.24. The maximum atomic E-state index is 8.78. The average molecular weight is 182 g/mol. The molecule has 0 bridgehead atoms. The summed E-state index contributed by atoms with van der Waals surface area (Å²) in [4.78, 5) is 0. The van der Waals surface area contributed by atoms with Crippen LogP contribution >= 0.6 is 0 Å². The smallest absolute Gasteiger partial charge is 0.125 e. The largest absolute Gasteiger partial charge is 0.497 e. The minimum Gasteiger partial charge on any atom is -0.497 e. The molecule has 13 heavy (non-hydrogen) atoms. The van der Waals surface area contributed by atoms with Crippen molar-refractivity contribution in [1.82, 2.24) is 0 Å². The molecule has 0 saturated heterocycles. The van der Waals surface area contributed by atoms with E-state index in [9.17, 15) is 0 Å². The predicted molar refractivity (Wildman–Crippen MR) is 50.3 cm³/mol. The highest BCUT2D eigenvalue weighted by Gasteiger charge is 2.03. The fourth-order valence-corrected chi connectivity index (χ4v) is 1.18. The molecule has 1 rings (SSSR count). The molecule has 72 valence electrons. The zero-order chi connectivity index (χ0) is 9.68. The van der Waals surface area contributed by atoms with Crippen molar-refractivity contribution in [2.45, 2.75) is 6.42 Å². The molecule has 0 unspecified atom stereocenters. The van der Waals surface area contributed by atoms with E-state index < -0.39 is 0 Å². The minimum absolute atomic E-state index is 0.128. The molecule has 0 amide bonds. The van der Waals surface area contributed by atoms with Gasteiger partial charge < -0.3 is 14.6 Å². The Hall–Kier alpha value is -1.22. The van der Waals surface area contributed by atoms with Crippen LogP contribution in [0.1, 0.15) is 5.56 Å². The van der Waals surface area contributed by atoms with Crippen LogP contribution in [-0.2, 0) is 6.42 Å². The molecule has 0 spiro atoms. The molecule has 0 aliphatic heterocycles. The average Bonchev–Trinajstić information content (AvgIpc) is 2.19. The van der Waals surface area contributed by atoms with Crippen LogP contribution in [0.15, 0.2) is 18.2 Å². The van der Waals surface area contributed by atoms with Crippen LogP contribution in [0.3, 0.4) is 0 Å². The highest BCUT2D eigenvalue weighted by atomic mass is 16.5. The Kier molecular flexibility index (Phi) is 3.58. The SMILES string of the molecule is COc1ccc(CCO)c(OC)c1. The molecule has 3 nitrogen and oxygen atoms in total. The van der Waals surface area contributed by atoms with Crippen molar-refractivity contribution in [2.75, 3.05) is 20.8 Å². The molecule has 3 heteroatoms. The van der Waals surface area contributed by atoms with Gasteiger partial charge in [0.2, 0.25) is 0 Å². The number of hydrogen-bond donors (Lipinski definition) is 1. The van der Waals surface area contributed by atoms with Gasteiger partial charge in [-0.3, -0.25) is 0 Å². The van der Waals surface area contributed by atoms with Gasteiger partial charge in [0, 0.05) is 12.7 Å². The van der Waals surface area contributed by atoms with E-state index in [0.29, 0.717) is 6.42 Å². The summed E-state index contributed by atoms with van der Waals surface area (Å²) < 4.78 is 10.2. The fourth-order valence-electron chi connectivity index (χ4n) is 1.18. The maximum absolute atomic E-state index is 8.78. The highest BCUT2D eigenvalue weighted by molar-refractivity contribution is 5.40. The second-order valence-corrected chi connectivity index (χ2v) is 2.65. The van der Waals surface area contributed by atoms with Crippen LogP contribution in [0.2, 0.25) is 0 Å². The van der Waals surface area contributed by atoms with Gasteiger partial charge in [0.05, 0.1) is 14.2 Å². The zero-order valence-electron chi connectivity index (χ0n) is 7.91. The van der Waals surface area contributed by atoms with Crippen LogP contribution in [0.4, 0.5) is 0 Å². The lowest BCUT2D eigenvalue weighted by Crippen LogP contribution is -1.96. The van der Waals surface area contributed by atoms with Crippen LogP contribution < -0.4 is 9.47 Å². The van der Waals surface area contributed by atoms with E-state index in [-0.39, 0.29) is 6.61 Å². The Morgan fingerprint density at radius 2 is 2.00 bits per heavy atom. The number of rotatable bonds is 4. The van der Waals surface area contributed by atoms with Gasteiger partial charge in [0.1, 0.15) is 11.5 Å². The van der Waals surface area contributed by atoms with Crippen molar-refractivity contribution in [2.24, 2.45) is 0 Å². The first-order valence-electron chi connectivity index (χ1n) is 4.13. The maximum Gasteiger partial charge on any atom is 0.125 e. The van der Waals surface area contributed by atoms with Crippen molar-refractivity contribution in [1.29, 1.82) is 0 Å². The van der Waals surface area contributed by atoms with Gasteiger partial charge in [0.25, 0.3) is 0 Å². The molecular formula is C10H14O3. The topological polar surface area (TPSA) is 38.7 Å². The molecule has 0 fully saturated rings. The van der Waals surface area contributed by atoms with Crippen LogP contribution in [-0.4, -0.2) is 25.9 Å². The summed E-state index contributed by atoms with van der Waals surface area (Å²) in [5.41, 5.74) is 0.991. The van der Waals surface area contributed by atoms with E-state index in [1.54, 1.807) is 14.2 Å². The van der Waals surface area contributed by atoms with Crippen LogP contribution in [0.25, 0.3) is 0 Å². The quantitative estimate of drug-likeness (QED) is 0.761. The van der Waals surface area contributed by atoms with Gasteiger partial charge in [0.15, 0.2) is 0 Å². The van der Waals surface area contributed by atoms with Crippen molar-refractivity contribution in [3.63, 3.8) is 0 Å². The molecule has 1 N–H and O–H groups in total. The lowest BCUT2D eigenvalue weighted by Gasteiger charge is -2.08. The first-order valence-corrected chi connectivity index (χ1v) is 4.13. The van der Waals surface area contributed by atoms with E-state index >= 15 is 0 Å². The van der Waals surface area contributed by atoms with E-state index in [1.807, 2.05) is 18.2 Å². The van der Waals surface area contributed by atoms with Gasteiger partial charge in [-0.05, 0) is 18.1 Å². The second-order valence-electron chi connectivity index (χ2n) is 2.65. The Labute approximate surface area is 77.9 Å². The summed E-state index contributed by atoms with van der Waals surface area (Å²) in [6.45, 7) is 0.128. The van der Waals surface area contributed by atoms with Crippen LogP contribution in [0, 0.1) is 0 Å². The summed E-state index contributed by atoms with van der Waals surface area (Å²) in [6.07, 6.45) is 0.604. The number of methoxy groups -OCH3 is 2. The zero-order valence-corrected chi connectivity index (χ0v) is 7.91. The van der Waals surface area contributed by atoms with Crippen LogP contribution in [0.5, 0.6) is 11.5 Å². The van der Waals surface area contributed by atoms with E-state index in [2.05, 4.69) is 0 Å². The van der Waals surface area contributed by atoms with Crippen molar-refractivity contribution in [3.05, 3.63) is 23.8 Å². The number of ether oxygens (including phenoxy) is 2. The van der Waals surface area contributed by atoms with E-state index in [0.717, 1.165) is 17.1 Å². The van der Waals surface area contributed by atoms with Gasteiger partial charge in [-0.15, -0.1) is 0 Å². The summed E-state index contributed by atoms with van der Waals surface area (Å²) in [5.74, 6) is 1.52. The lowest BCUT2D eigenvalue weighted by atomic mass is 10.1. The molecule has 0 aliphatic rings. The Morgan fingerprint density at radius 3 is 2.54 bits per heavy atom. The summed E-state index contributed by atoms with van der Waals surface area (Å²) in [5, 5.41) is 8.78. The molecule has 0 saturated carbocycles. The third-order valence-electron chi connectivity index (χ3n) is 1.88. The van der Waals surface area contributed by atoms with Gasteiger partial charge >= 0.3 is 0 Å². The molecule has 1 aromatic carbocycles. The molecule has 1 aromatic rings. The normalized spacial score (nSPS) is 9.77. The van der Waals surface area contributed by atoms with Gasteiger partial charge in [-0.2, -0.15) is 0 Å². The number of benzene rings is 1. The lowest BCUT2D eigenvalue weighted by molar-refractivity contribution is 0.296. The van der Waals surface area contributed by atoms with Crippen molar-refractivity contribution in [3.8, 4) is 11.5 Å². The van der Waals surface area contributed by atoms with E-state index in [1.165, 1.54) is 0 Å². The summed E-state index contributed by atoms with van der Waals surface area (Å²) >= 11 is 0. The Morgan fingerprint density at radius 1 is 1.23 bits per heavy atom. The van der Waals surface area contributed by atoms with Crippen molar-refractivity contribution >= 4 is 0 Å². The number of aliphatic hydroxyl groups excluding tert-OH is 1. The Balaban J connectivity index is 2.93. The highest BCUT2D eigenvalue weighted by Crippen LogP contribution is 2.24. The minimum atomic E-state index is 0.128. The third-order valence-corrected chi connectivity index (χ3v) is 1.88. The first-order chi connectivity index (χ1) is 6.31. The monoisotopic (exact) mass is 182 g/mol. The standard InChI is InChI=1S/C10H14O3/c1-12-9-4-3-8(5-6-11)10(7-9)13-2/h3-4,7,11H,5-6H2,1-2H3. The summed E-state index contributed by atoms with van der Waals surface area (Å²) in [7, 11) is 3.22.